The number of morpholine rings is 1. The number of rotatable bonds is 4. The molecule has 7 heteroatoms. The van der Waals surface area contributed by atoms with Gasteiger partial charge in [0, 0.05) is 30.8 Å². The predicted octanol–water partition coefficient (Wildman–Crippen LogP) is 1.94. The first-order valence-corrected chi connectivity index (χ1v) is 8.41. The van der Waals surface area contributed by atoms with Crippen molar-refractivity contribution in [1.82, 2.24) is 14.7 Å². The van der Waals surface area contributed by atoms with E-state index in [1.807, 2.05) is 18.5 Å². The lowest BCUT2D eigenvalue weighted by Gasteiger charge is -2.26. The third-order valence-electron chi connectivity index (χ3n) is 4.34. The van der Waals surface area contributed by atoms with Crippen molar-refractivity contribution in [1.29, 1.82) is 0 Å². The van der Waals surface area contributed by atoms with E-state index in [0.717, 1.165) is 12.2 Å². The van der Waals surface area contributed by atoms with E-state index in [0.29, 0.717) is 43.1 Å². The Morgan fingerprint density at radius 2 is 1.80 bits per heavy atom. The van der Waals surface area contributed by atoms with Gasteiger partial charge < -0.3 is 15.0 Å². The third kappa shape index (κ3) is 3.71. The zero-order chi connectivity index (χ0) is 17.8. The van der Waals surface area contributed by atoms with E-state index in [-0.39, 0.29) is 11.8 Å². The number of carbonyl (C=O) groups is 2. The van der Waals surface area contributed by atoms with E-state index in [2.05, 4.69) is 10.4 Å². The van der Waals surface area contributed by atoms with Gasteiger partial charge in [-0.25, -0.2) is 0 Å². The van der Waals surface area contributed by atoms with Crippen molar-refractivity contribution in [3.63, 3.8) is 0 Å². The van der Waals surface area contributed by atoms with Gasteiger partial charge in [-0.15, -0.1) is 0 Å². The number of amides is 2. The zero-order valence-electron chi connectivity index (χ0n) is 14.5. The molecule has 0 bridgehead atoms. The van der Waals surface area contributed by atoms with Crippen LogP contribution in [0.15, 0.2) is 30.5 Å². The lowest BCUT2D eigenvalue weighted by Crippen LogP contribution is -2.40. The van der Waals surface area contributed by atoms with Gasteiger partial charge in [0.2, 0.25) is 0 Å². The number of benzene rings is 1. The highest BCUT2D eigenvalue weighted by molar-refractivity contribution is 6.05. The second-order valence-electron chi connectivity index (χ2n) is 5.90. The van der Waals surface area contributed by atoms with Crippen molar-refractivity contribution in [3.8, 4) is 0 Å². The largest absolute Gasteiger partial charge is 0.378 e. The number of hydrogen-bond donors (Lipinski definition) is 1. The molecule has 7 nitrogen and oxygen atoms in total. The molecular weight excluding hydrogens is 320 g/mol. The molecule has 1 fully saturated rings. The smallest absolute Gasteiger partial charge is 0.255 e. The minimum Gasteiger partial charge on any atom is -0.378 e. The second kappa shape index (κ2) is 7.48. The molecule has 2 heterocycles. The Balaban J connectivity index is 1.67. The molecule has 2 amide bonds. The molecule has 1 aromatic heterocycles. The summed E-state index contributed by atoms with van der Waals surface area (Å²) in [4.78, 5) is 26.6. The Morgan fingerprint density at radius 3 is 2.40 bits per heavy atom. The van der Waals surface area contributed by atoms with Crippen LogP contribution in [0, 0.1) is 6.92 Å². The summed E-state index contributed by atoms with van der Waals surface area (Å²) in [6.45, 7) is 6.99. The summed E-state index contributed by atoms with van der Waals surface area (Å²) in [7, 11) is 0. The highest BCUT2D eigenvalue weighted by atomic mass is 16.5. The summed E-state index contributed by atoms with van der Waals surface area (Å²) in [5.41, 5.74) is 2.69. The molecule has 1 N–H and O–H groups in total. The molecule has 0 atom stereocenters. The first kappa shape index (κ1) is 17.2. The van der Waals surface area contributed by atoms with E-state index < -0.39 is 0 Å². The van der Waals surface area contributed by atoms with E-state index in [4.69, 9.17) is 4.74 Å². The quantitative estimate of drug-likeness (QED) is 0.921. The Hall–Kier alpha value is -2.67. The number of hydrogen-bond acceptors (Lipinski definition) is 4. The predicted molar refractivity (Wildman–Crippen MR) is 93.8 cm³/mol. The van der Waals surface area contributed by atoms with Gasteiger partial charge in [-0.3, -0.25) is 14.3 Å². The highest BCUT2D eigenvalue weighted by Gasteiger charge is 2.19. The number of ether oxygens (including phenoxy) is 1. The normalized spacial score (nSPS) is 14.4. The molecule has 1 saturated heterocycles. The van der Waals surface area contributed by atoms with E-state index in [1.165, 1.54) is 0 Å². The van der Waals surface area contributed by atoms with Gasteiger partial charge in [-0.1, -0.05) is 0 Å². The van der Waals surface area contributed by atoms with E-state index in [1.54, 1.807) is 35.4 Å². The summed E-state index contributed by atoms with van der Waals surface area (Å²) in [6, 6.07) is 6.72. The molecule has 2 aromatic rings. The van der Waals surface area contributed by atoms with Crippen molar-refractivity contribution in [2.75, 3.05) is 31.6 Å². The van der Waals surface area contributed by atoms with Crippen LogP contribution >= 0.6 is 0 Å². The number of nitrogens with one attached hydrogen (secondary N) is 1. The third-order valence-corrected chi connectivity index (χ3v) is 4.34. The van der Waals surface area contributed by atoms with E-state index in [9.17, 15) is 9.59 Å². The number of aromatic nitrogens is 2. The van der Waals surface area contributed by atoms with Gasteiger partial charge in [0.15, 0.2) is 0 Å². The number of nitrogens with zero attached hydrogens (tertiary/aromatic N) is 3. The molecule has 132 valence electrons. The summed E-state index contributed by atoms with van der Waals surface area (Å²) in [6.07, 6.45) is 1.65. The molecule has 3 rings (SSSR count). The van der Waals surface area contributed by atoms with E-state index >= 15 is 0 Å². The van der Waals surface area contributed by atoms with Gasteiger partial charge in [0.05, 0.1) is 30.8 Å². The average Bonchev–Trinajstić information content (AvgIpc) is 3.01. The molecular formula is C18H22N4O3. The van der Waals surface area contributed by atoms with Crippen LogP contribution in [0.5, 0.6) is 0 Å². The van der Waals surface area contributed by atoms with Crippen molar-refractivity contribution in [2.24, 2.45) is 0 Å². The lowest BCUT2D eigenvalue weighted by atomic mass is 10.1. The van der Waals surface area contributed by atoms with Crippen molar-refractivity contribution in [2.45, 2.75) is 20.4 Å². The number of aryl methyl sites for hydroxylation is 1. The maximum atomic E-state index is 12.4. The second-order valence-corrected chi connectivity index (χ2v) is 5.90. The monoisotopic (exact) mass is 342 g/mol. The van der Waals surface area contributed by atoms with Crippen LogP contribution in [-0.2, 0) is 11.3 Å². The summed E-state index contributed by atoms with van der Waals surface area (Å²) < 4.78 is 7.08. The van der Waals surface area contributed by atoms with Crippen LogP contribution in [0.25, 0.3) is 0 Å². The van der Waals surface area contributed by atoms with Gasteiger partial charge in [-0.05, 0) is 38.1 Å². The maximum absolute atomic E-state index is 12.4. The van der Waals surface area contributed by atoms with Crippen LogP contribution in [0.4, 0.5) is 5.69 Å². The first-order chi connectivity index (χ1) is 12.1. The lowest BCUT2D eigenvalue weighted by molar-refractivity contribution is 0.0303. The maximum Gasteiger partial charge on any atom is 0.255 e. The fourth-order valence-corrected chi connectivity index (χ4v) is 2.80. The molecule has 25 heavy (non-hydrogen) atoms. The molecule has 1 aliphatic rings. The molecule has 0 radical (unpaired) electrons. The zero-order valence-corrected chi connectivity index (χ0v) is 14.5. The highest BCUT2D eigenvalue weighted by Crippen LogP contribution is 2.16. The first-order valence-electron chi connectivity index (χ1n) is 8.41. The minimum atomic E-state index is -0.218. The summed E-state index contributed by atoms with van der Waals surface area (Å²) in [5.74, 6) is -0.251. The summed E-state index contributed by atoms with van der Waals surface area (Å²) >= 11 is 0. The Bertz CT molecular complexity index is 761. The van der Waals surface area contributed by atoms with Gasteiger partial charge in [0.25, 0.3) is 11.8 Å². The van der Waals surface area contributed by atoms with Crippen molar-refractivity contribution in [3.05, 3.63) is 47.3 Å². The molecule has 1 aliphatic heterocycles. The fraction of sp³-hybridized carbons (Fsp3) is 0.389. The van der Waals surface area contributed by atoms with Crippen LogP contribution in [-0.4, -0.2) is 52.8 Å². The molecule has 0 unspecified atom stereocenters. The molecule has 0 aliphatic carbocycles. The van der Waals surface area contributed by atoms with Crippen LogP contribution in [0.2, 0.25) is 0 Å². The minimum absolute atomic E-state index is 0.0321. The van der Waals surface area contributed by atoms with Gasteiger partial charge in [0.1, 0.15) is 0 Å². The van der Waals surface area contributed by atoms with Crippen LogP contribution in [0.3, 0.4) is 0 Å². The Morgan fingerprint density at radius 1 is 1.16 bits per heavy atom. The standard InChI is InChI=1S/C18H22N4O3/c1-3-22-13(2)16(12-19-22)20-17(23)14-4-6-15(7-5-14)18(24)21-8-10-25-11-9-21/h4-7,12H,3,8-11H2,1-2H3,(H,20,23). The molecule has 0 spiro atoms. The SMILES string of the molecule is CCn1ncc(NC(=O)c2ccc(C(=O)N3CCOCC3)cc2)c1C. The molecule has 1 aromatic carbocycles. The number of carbonyl (C=O) groups excluding carboxylic acids is 2. The van der Waals surface area contributed by atoms with Crippen molar-refractivity contribution >= 4 is 17.5 Å². The summed E-state index contributed by atoms with van der Waals surface area (Å²) in [5, 5.41) is 7.07. The van der Waals surface area contributed by atoms with Gasteiger partial charge in [-0.2, -0.15) is 5.10 Å². The fourth-order valence-electron chi connectivity index (χ4n) is 2.80. The Labute approximate surface area is 146 Å². The average molecular weight is 342 g/mol. The molecule has 0 saturated carbocycles. The topological polar surface area (TPSA) is 76.5 Å². The van der Waals surface area contributed by atoms with Crippen LogP contribution < -0.4 is 5.32 Å². The number of anilines is 1. The Kier molecular flexibility index (Phi) is 5.14. The van der Waals surface area contributed by atoms with Crippen LogP contribution in [0.1, 0.15) is 33.3 Å². The van der Waals surface area contributed by atoms with Gasteiger partial charge >= 0.3 is 0 Å². The van der Waals surface area contributed by atoms with Crippen molar-refractivity contribution < 1.29 is 14.3 Å².